The van der Waals surface area contributed by atoms with E-state index in [2.05, 4.69) is 6.92 Å². The van der Waals surface area contributed by atoms with Gasteiger partial charge in [-0.05, 0) is 12.8 Å². The lowest BCUT2D eigenvalue weighted by atomic mass is 10.3. The van der Waals surface area contributed by atoms with Crippen LogP contribution in [-0.4, -0.2) is 22.5 Å². The van der Waals surface area contributed by atoms with Crippen LogP contribution >= 0.6 is 11.6 Å². The normalized spacial score (nSPS) is 15.9. The van der Waals surface area contributed by atoms with Crippen LogP contribution < -0.4 is 5.32 Å². The average molecular weight is 220 g/mol. The minimum absolute atomic E-state index is 0.329. The van der Waals surface area contributed by atoms with Gasteiger partial charge in [-0.2, -0.15) is 0 Å². The Morgan fingerprint density at radius 2 is 1.93 bits per heavy atom. The van der Waals surface area contributed by atoms with E-state index in [1.807, 2.05) is 5.32 Å². The van der Waals surface area contributed by atoms with E-state index in [0.717, 1.165) is 19.3 Å². The van der Waals surface area contributed by atoms with E-state index < -0.39 is 5.56 Å². The highest BCUT2D eigenvalue weighted by atomic mass is 35.5. The Morgan fingerprint density at radius 1 is 1.43 bits per heavy atom. The molecule has 4 nitrogen and oxygen atoms in total. The number of imide groups is 1. The molecule has 1 heterocycles. The number of aliphatic hydroxyl groups excluding tert-OH is 1. The van der Waals surface area contributed by atoms with Crippen LogP contribution in [0.5, 0.6) is 0 Å². The van der Waals surface area contributed by atoms with Crippen molar-refractivity contribution in [1.29, 1.82) is 0 Å². The summed E-state index contributed by atoms with van der Waals surface area (Å²) >= 11 is 5.21. The van der Waals surface area contributed by atoms with Gasteiger partial charge in [-0.25, -0.2) is 0 Å². The topological polar surface area (TPSA) is 66.4 Å². The summed E-state index contributed by atoms with van der Waals surface area (Å²) in [6, 6.07) is 0. The Morgan fingerprint density at radius 3 is 2.07 bits per heavy atom. The molecular weight excluding hydrogens is 206 g/mol. The lowest BCUT2D eigenvalue weighted by Crippen LogP contribution is -2.19. The first-order chi connectivity index (χ1) is 6.56. The number of hydrogen-bond acceptors (Lipinski definition) is 3. The van der Waals surface area contributed by atoms with Gasteiger partial charge in [0.25, 0.3) is 11.8 Å². The standard InChI is InChI=1S/C5H11ClO.C4H3NO2/c1-2-3-4-5(6)7;6-3-1-2-4(7)5-3/h5,7H,2-4H2,1H3;1-2H,(H,5,6,7). The highest BCUT2D eigenvalue weighted by Crippen LogP contribution is 2.02. The lowest BCUT2D eigenvalue weighted by molar-refractivity contribution is -0.123. The Labute approximate surface area is 87.9 Å². The molecule has 1 aliphatic rings. The van der Waals surface area contributed by atoms with Gasteiger partial charge >= 0.3 is 0 Å². The fraction of sp³-hybridized carbons (Fsp3) is 0.556. The molecular formula is C9H14ClNO3. The fourth-order valence-electron chi connectivity index (χ4n) is 0.729. The number of aliphatic hydroxyl groups is 1. The van der Waals surface area contributed by atoms with Crippen molar-refractivity contribution in [3.8, 4) is 0 Å². The molecule has 80 valence electrons. The van der Waals surface area contributed by atoms with Gasteiger partial charge in [-0.3, -0.25) is 14.9 Å². The number of carbonyl (C=O) groups is 2. The summed E-state index contributed by atoms with van der Waals surface area (Å²) in [6.45, 7) is 2.07. The monoisotopic (exact) mass is 219 g/mol. The second kappa shape index (κ2) is 7.53. The maximum atomic E-state index is 10.0. The van der Waals surface area contributed by atoms with E-state index in [1.165, 1.54) is 12.2 Å². The number of rotatable bonds is 3. The molecule has 0 spiro atoms. The molecule has 1 rings (SSSR count). The van der Waals surface area contributed by atoms with E-state index >= 15 is 0 Å². The van der Waals surface area contributed by atoms with Gasteiger partial charge in [0.2, 0.25) is 0 Å². The van der Waals surface area contributed by atoms with Gasteiger partial charge in [0.15, 0.2) is 0 Å². The smallest absolute Gasteiger partial charge is 0.250 e. The maximum absolute atomic E-state index is 10.0. The molecule has 1 aliphatic heterocycles. The number of nitrogens with one attached hydrogen (secondary N) is 1. The molecule has 0 saturated carbocycles. The van der Waals surface area contributed by atoms with Crippen molar-refractivity contribution in [2.24, 2.45) is 0 Å². The van der Waals surface area contributed by atoms with Crippen molar-refractivity contribution in [2.75, 3.05) is 0 Å². The SMILES string of the molecule is CCCCC(O)Cl.O=C1C=CC(=O)N1. The molecule has 2 N–H and O–H groups in total. The van der Waals surface area contributed by atoms with Crippen LogP contribution in [0.3, 0.4) is 0 Å². The van der Waals surface area contributed by atoms with Crippen LogP contribution in [0.25, 0.3) is 0 Å². The summed E-state index contributed by atoms with van der Waals surface area (Å²) in [7, 11) is 0. The Bertz CT molecular complexity index is 210. The summed E-state index contributed by atoms with van der Waals surface area (Å²) in [6.07, 6.45) is 5.23. The largest absolute Gasteiger partial charge is 0.378 e. The van der Waals surface area contributed by atoms with Gasteiger partial charge in [-0.15, -0.1) is 0 Å². The molecule has 5 heteroatoms. The number of alkyl halides is 1. The van der Waals surface area contributed by atoms with E-state index in [-0.39, 0.29) is 11.8 Å². The zero-order chi connectivity index (χ0) is 11.0. The summed E-state index contributed by atoms with van der Waals surface area (Å²) in [4.78, 5) is 20.1. The third kappa shape index (κ3) is 7.76. The lowest BCUT2D eigenvalue weighted by Gasteiger charge is -1.96. The highest BCUT2D eigenvalue weighted by molar-refractivity contribution is 6.19. The molecule has 1 atom stereocenters. The van der Waals surface area contributed by atoms with Crippen LogP contribution in [0.1, 0.15) is 26.2 Å². The average Bonchev–Trinajstić information content (AvgIpc) is 2.47. The first-order valence-corrected chi connectivity index (χ1v) is 4.85. The Kier molecular flexibility index (Phi) is 7.06. The minimum Gasteiger partial charge on any atom is -0.378 e. The third-order valence-electron chi connectivity index (χ3n) is 1.43. The molecule has 0 aromatic heterocycles. The molecule has 0 bridgehead atoms. The molecule has 0 aromatic rings. The molecule has 2 amide bonds. The zero-order valence-corrected chi connectivity index (χ0v) is 8.75. The predicted octanol–water partition coefficient (Wildman–Crippen LogP) is 0.933. The summed E-state index contributed by atoms with van der Waals surface area (Å²) < 4.78 is 0. The molecule has 0 saturated heterocycles. The van der Waals surface area contributed by atoms with Crippen molar-refractivity contribution in [3.63, 3.8) is 0 Å². The zero-order valence-electron chi connectivity index (χ0n) is 8.00. The number of hydrogen-bond donors (Lipinski definition) is 2. The molecule has 0 aromatic carbocycles. The number of carbonyl (C=O) groups excluding carboxylic acids is 2. The van der Waals surface area contributed by atoms with E-state index in [0.29, 0.717) is 0 Å². The van der Waals surface area contributed by atoms with Gasteiger partial charge in [0, 0.05) is 12.2 Å². The van der Waals surface area contributed by atoms with Crippen molar-refractivity contribution in [2.45, 2.75) is 31.7 Å². The van der Waals surface area contributed by atoms with Gasteiger partial charge in [0.1, 0.15) is 5.56 Å². The van der Waals surface area contributed by atoms with Crippen molar-refractivity contribution in [3.05, 3.63) is 12.2 Å². The number of halogens is 1. The number of amides is 2. The first-order valence-electron chi connectivity index (χ1n) is 4.41. The minimum atomic E-state index is -0.625. The molecule has 0 radical (unpaired) electrons. The molecule has 0 aliphatic carbocycles. The van der Waals surface area contributed by atoms with E-state index in [9.17, 15) is 9.59 Å². The second-order valence-electron chi connectivity index (χ2n) is 2.76. The quantitative estimate of drug-likeness (QED) is 0.548. The van der Waals surface area contributed by atoms with Crippen molar-refractivity contribution < 1.29 is 14.7 Å². The van der Waals surface area contributed by atoms with E-state index in [4.69, 9.17) is 16.7 Å². The summed E-state index contributed by atoms with van der Waals surface area (Å²) in [5, 5.41) is 10.5. The van der Waals surface area contributed by atoms with Crippen molar-refractivity contribution >= 4 is 23.4 Å². The van der Waals surface area contributed by atoms with Gasteiger partial charge in [-0.1, -0.05) is 24.9 Å². The van der Waals surface area contributed by atoms with Crippen LogP contribution in [-0.2, 0) is 9.59 Å². The van der Waals surface area contributed by atoms with Crippen molar-refractivity contribution in [1.82, 2.24) is 5.32 Å². The Balaban J connectivity index is 0.000000241. The van der Waals surface area contributed by atoms with Crippen LogP contribution in [0.4, 0.5) is 0 Å². The maximum Gasteiger partial charge on any atom is 0.250 e. The second-order valence-corrected chi connectivity index (χ2v) is 3.27. The van der Waals surface area contributed by atoms with Crippen LogP contribution in [0, 0.1) is 0 Å². The first kappa shape index (κ1) is 13.1. The highest BCUT2D eigenvalue weighted by Gasteiger charge is 2.06. The van der Waals surface area contributed by atoms with Gasteiger partial charge in [0.05, 0.1) is 0 Å². The van der Waals surface area contributed by atoms with Crippen LogP contribution in [0.2, 0.25) is 0 Å². The predicted molar refractivity (Wildman–Crippen MR) is 53.7 cm³/mol. The Hall–Kier alpha value is -0.870. The molecule has 14 heavy (non-hydrogen) atoms. The summed E-state index contributed by atoms with van der Waals surface area (Å²) in [5.41, 5.74) is -0.625. The number of unbranched alkanes of at least 4 members (excludes halogenated alkanes) is 1. The molecule has 1 unspecified atom stereocenters. The van der Waals surface area contributed by atoms with Gasteiger partial charge < -0.3 is 5.11 Å². The van der Waals surface area contributed by atoms with Crippen LogP contribution in [0.15, 0.2) is 12.2 Å². The van der Waals surface area contributed by atoms with E-state index in [1.54, 1.807) is 0 Å². The molecule has 0 fully saturated rings. The fourth-order valence-corrected chi connectivity index (χ4v) is 0.883. The third-order valence-corrected chi connectivity index (χ3v) is 1.65. The summed E-state index contributed by atoms with van der Waals surface area (Å²) in [5.74, 6) is -0.657.